The van der Waals surface area contributed by atoms with Crippen LogP contribution in [0.3, 0.4) is 0 Å². The van der Waals surface area contributed by atoms with Crippen LogP contribution in [0.15, 0.2) is 47.7 Å². The smallest absolute Gasteiger partial charge is 0.193 e. The van der Waals surface area contributed by atoms with Crippen LogP contribution in [-0.4, -0.2) is 47.3 Å². The first-order chi connectivity index (χ1) is 12.8. The molecule has 1 saturated heterocycles. The Labute approximate surface area is 157 Å². The lowest BCUT2D eigenvalue weighted by molar-refractivity contribution is 0.483. The maximum absolute atomic E-state index is 4.48. The predicted octanol–water partition coefficient (Wildman–Crippen LogP) is 3.20. The number of hydrogen-bond donors (Lipinski definition) is 1. The zero-order chi connectivity index (χ0) is 18.2. The summed E-state index contributed by atoms with van der Waals surface area (Å²) >= 11 is 0. The van der Waals surface area contributed by atoms with Gasteiger partial charge in [-0.2, -0.15) is 5.10 Å². The molecule has 1 atom stereocenters. The topological polar surface area (TPSA) is 45.5 Å². The van der Waals surface area contributed by atoms with Crippen LogP contribution in [0, 0.1) is 0 Å². The van der Waals surface area contributed by atoms with E-state index in [-0.39, 0.29) is 0 Å². The van der Waals surface area contributed by atoms with Crippen LogP contribution in [0.2, 0.25) is 0 Å². The Morgan fingerprint density at radius 1 is 1.23 bits per heavy atom. The first-order valence-electron chi connectivity index (χ1n) is 9.74. The van der Waals surface area contributed by atoms with Gasteiger partial charge in [0.25, 0.3) is 0 Å². The number of unbranched alkanes of at least 4 members (excludes halogenated alkanes) is 2. The second-order valence-electron chi connectivity index (χ2n) is 7.15. The fraction of sp³-hybridized carbons (Fsp3) is 0.524. The molecule has 0 bridgehead atoms. The van der Waals surface area contributed by atoms with E-state index in [0.717, 1.165) is 25.6 Å². The third kappa shape index (κ3) is 5.10. The number of guanidine groups is 1. The van der Waals surface area contributed by atoms with Crippen LogP contribution in [0.4, 0.5) is 0 Å². The van der Waals surface area contributed by atoms with E-state index in [9.17, 15) is 0 Å². The summed E-state index contributed by atoms with van der Waals surface area (Å²) in [7, 11) is 3.86. The van der Waals surface area contributed by atoms with Crippen molar-refractivity contribution < 1.29 is 0 Å². The van der Waals surface area contributed by atoms with Gasteiger partial charge in [0.2, 0.25) is 0 Å². The van der Waals surface area contributed by atoms with E-state index < -0.39 is 0 Å². The Balaban J connectivity index is 1.35. The van der Waals surface area contributed by atoms with Crippen molar-refractivity contribution in [1.82, 2.24) is 20.0 Å². The fourth-order valence-electron chi connectivity index (χ4n) is 3.68. The molecule has 1 aliphatic rings. The lowest BCUT2D eigenvalue weighted by Crippen LogP contribution is -2.40. The van der Waals surface area contributed by atoms with E-state index in [0.29, 0.717) is 5.92 Å². The molecule has 0 aliphatic carbocycles. The summed E-state index contributed by atoms with van der Waals surface area (Å²) < 4.78 is 1.89. The van der Waals surface area contributed by atoms with Gasteiger partial charge in [0, 0.05) is 45.8 Å². The van der Waals surface area contributed by atoms with Crippen LogP contribution >= 0.6 is 0 Å². The number of nitrogens with one attached hydrogen (secondary N) is 1. The molecule has 1 aliphatic heterocycles. The summed E-state index contributed by atoms with van der Waals surface area (Å²) in [4.78, 5) is 6.86. The average molecular weight is 354 g/mol. The standard InChI is InChI=1S/C21H31N5/c1-22-21(23-13-8-4-7-11-18-9-5-3-6-10-18)26-14-12-19(17-26)20-15-24-25(2)16-20/h3,5-6,9-10,15-16,19H,4,7-8,11-14,17H2,1-2H3,(H,22,23). The second kappa shape index (κ2) is 9.41. The molecule has 1 unspecified atom stereocenters. The maximum atomic E-state index is 4.48. The minimum absolute atomic E-state index is 0.563. The van der Waals surface area contributed by atoms with Gasteiger partial charge in [-0.05, 0) is 36.8 Å². The SMILES string of the molecule is CN=C(NCCCCCc1ccccc1)N1CCC(c2cnn(C)c2)C1. The first-order valence-corrected chi connectivity index (χ1v) is 9.74. The highest BCUT2D eigenvalue weighted by molar-refractivity contribution is 5.80. The number of hydrogen-bond acceptors (Lipinski definition) is 2. The molecule has 2 heterocycles. The third-order valence-corrected chi connectivity index (χ3v) is 5.16. The van der Waals surface area contributed by atoms with Gasteiger partial charge in [-0.15, -0.1) is 0 Å². The monoisotopic (exact) mass is 353 g/mol. The van der Waals surface area contributed by atoms with Gasteiger partial charge < -0.3 is 10.2 Å². The van der Waals surface area contributed by atoms with Gasteiger partial charge >= 0.3 is 0 Å². The molecule has 5 heteroatoms. The highest BCUT2D eigenvalue weighted by Crippen LogP contribution is 2.26. The summed E-state index contributed by atoms with van der Waals surface area (Å²) in [6, 6.07) is 10.7. The minimum atomic E-state index is 0.563. The number of aryl methyl sites for hydroxylation is 2. The molecule has 0 saturated carbocycles. The molecule has 0 amide bonds. The van der Waals surface area contributed by atoms with Crippen molar-refractivity contribution in [3.8, 4) is 0 Å². The molecule has 5 nitrogen and oxygen atoms in total. The molecule has 0 spiro atoms. The number of rotatable bonds is 7. The molecule has 1 fully saturated rings. The van der Waals surface area contributed by atoms with Crippen LogP contribution in [-0.2, 0) is 13.5 Å². The highest BCUT2D eigenvalue weighted by atomic mass is 15.3. The van der Waals surface area contributed by atoms with E-state index in [4.69, 9.17) is 0 Å². The summed E-state index contributed by atoms with van der Waals surface area (Å²) in [5, 5.41) is 7.85. The van der Waals surface area contributed by atoms with Gasteiger partial charge in [-0.3, -0.25) is 9.67 Å². The molecule has 2 aromatic rings. The lowest BCUT2D eigenvalue weighted by Gasteiger charge is -2.21. The van der Waals surface area contributed by atoms with E-state index in [2.05, 4.69) is 56.8 Å². The Kier molecular flexibility index (Phi) is 6.69. The zero-order valence-electron chi connectivity index (χ0n) is 16.1. The number of aliphatic imine (C=N–C) groups is 1. The Morgan fingerprint density at radius 2 is 2.08 bits per heavy atom. The van der Waals surface area contributed by atoms with E-state index in [1.807, 2.05) is 25.0 Å². The number of likely N-dealkylation sites (tertiary alicyclic amines) is 1. The minimum Gasteiger partial charge on any atom is -0.356 e. The third-order valence-electron chi connectivity index (χ3n) is 5.16. The molecule has 0 radical (unpaired) electrons. The van der Waals surface area contributed by atoms with Gasteiger partial charge in [0.1, 0.15) is 0 Å². The van der Waals surface area contributed by atoms with Crippen LogP contribution in [0.1, 0.15) is 42.7 Å². The van der Waals surface area contributed by atoms with Crippen LogP contribution in [0.5, 0.6) is 0 Å². The predicted molar refractivity (Wildman–Crippen MR) is 107 cm³/mol. The summed E-state index contributed by atoms with van der Waals surface area (Å²) in [6.45, 7) is 3.09. The van der Waals surface area contributed by atoms with Crippen molar-refractivity contribution >= 4 is 5.96 Å². The van der Waals surface area contributed by atoms with Gasteiger partial charge in [-0.25, -0.2) is 0 Å². The molecule has 1 aromatic carbocycles. The normalized spacial score (nSPS) is 17.7. The van der Waals surface area contributed by atoms with Crippen molar-refractivity contribution in [3.63, 3.8) is 0 Å². The van der Waals surface area contributed by atoms with E-state index in [1.54, 1.807) is 0 Å². The Morgan fingerprint density at radius 3 is 2.81 bits per heavy atom. The van der Waals surface area contributed by atoms with Crippen molar-refractivity contribution in [1.29, 1.82) is 0 Å². The summed E-state index contributed by atoms with van der Waals surface area (Å²) in [5.41, 5.74) is 2.78. The first kappa shape index (κ1) is 18.5. The van der Waals surface area contributed by atoms with Crippen molar-refractivity contribution in [2.24, 2.45) is 12.0 Å². The van der Waals surface area contributed by atoms with E-state index >= 15 is 0 Å². The van der Waals surface area contributed by atoms with Crippen molar-refractivity contribution in [3.05, 3.63) is 53.9 Å². The van der Waals surface area contributed by atoms with Gasteiger partial charge in [0.05, 0.1) is 6.20 Å². The van der Waals surface area contributed by atoms with Crippen molar-refractivity contribution in [2.75, 3.05) is 26.7 Å². The van der Waals surface area contributed by atoms with Crippen LogP contribution < -0.4 is 5.32 Å². The Hall–Kier alpha value is -2.30. The molecular formula is C21H31N5. The molecule has 1 N–H and O–H groups in total. The van der Waals surface area contributed by atoms with E-state index in [1.165, 1.54) is 43.2 Å². The quantitative estimate of drug-likeness (QED) is 0.472. The number of benzene rings is 1. The molecule has 3 rings (SSSR count). The number of aromatic nitrogens is 2. The summed E-state index contributed by atoms with van der Waals surface area (Å²) in [6.07, 6.45) is 10.2. The average Bonchev–Trinajstić information content (AvgIpc) is 3.31. The lowest BCUT2D eigenvalue weighted by atomic mass is 10.0. The van der Waals surface area contributed by atoms with Gasteiger partial charge in [0.15, 0.2) is 5.96 Å². The Bertz CT molecular complexity index is 691. The fourth-order valence-corrected chi connectivity index (χ4v) is 3.68. The maximum Gasteiger partial charge on any atom is 0.193 e. The second-order valence-corrected chi connectivity index (χ2v) is 7.15. The molecule has 1 aromatic heterocycles. The summed E-state index contributed by atoms with van der Waals surface area (Å²) in [5.74, 6) is 1.60. The van der Waals surface area contributed by atoms with Crippen molar-refractivity contribution in [2.45, 2.75) is 38.0 Å². The van der Waals surface area contributed by atoms with Crippen LogP contribution in [0.25, 0.3) is 0 Å². The molecular weight excluding hydrogens is 322 g/mol. The molecule has 140 valence electrons. The molecule has 26 heavy (non-hydrogen) atoms. The zero-order valence-corrected chi connectivity index (χ0v) is 16.1. The highest BCUT2D eigenvalue weighted by Gasteiger charge is 2.26. The van der Waals surface area contributed by atoms with Gasteiger partial charge in [-0.1, -0.05) is 36.8 Å². The largest absolute Gasteiger partial charge is 0.356 e. The number of nitrogens with zero attached hydrogens (tertiary/aromatic N) is 4.